The second-order valence-electron chi connectivity index (χ2n) is 10.3. The van der Waals surface area contributed by atoms with Gasteiger partial charge >= 0.3 is 0 Å². The normalized spacial score (nSPS) is 15.0. The number of carbonyl (C=O) groups excluding carboxylic acids is 1. The molecule has 0 unspecified atom stereocenters. The topological polar surface area (TPSA) is 54.0 Å². The molecule has 1 fully saturated rings. The van der Waals surface area contributed by atoms with E-state index in [9.17, 15) is 4.79 Å². The summed E-state index contributed by atoms with van der Waals surface area (Å²) >= 11 is 1.77. The van der Waals surface area contributed by atoms with Crippen molar-refractivity contribution in [2.24, 2.45) is 5.41 Å². The Hall–Kier alpha value is -2.45. The lowest BCUT2D eigenvalue weighted by Gasteiger charge is -2.28. The Labute approximate surface area is 212 Å². The quantitative estimate of drug-likeness (QED) is 0.449. The van der Waals surface area contributed by atoms with Crippen molar-refractivity contribution < 1.29 is 14.3 Å². The standard InChI is InChI=1S/C28H37N3O3S/c1-28(2,20-30(3)4)19-29-27(32)17-34-25-10-9-21(15-22(25)16-31-11-13-33-14-12-31)24-18-35-26-8-6-5-7-23(24)26/h5-10,15,18H,11-14,16-17,19-20H2,1-4H3,(H,29,32). The average Bonchev–Trinajstić information content (AvgIpc) is 3.26. The van der Waals surface area contributed by atoms with E-state index in [1.165, 1.54) is 21.2 Å². The zero-order chi connectivity index (χ0) is 24.8. The lowest BCUT2D eigenvalue weighted by molar-refractivity contribution is -0.123. The van der Waals surface area contributed by atoms with Crippen LogP contribution in [0.1, 0.15) is 19.4 Å². The van der Waals surface area contributed by atoms with Gasteiger partial charge in [0.15, 0.2) is 6.61 Å². The van der Waals surface area contributed by atoms with Crippen LogP contribution in [0.5, 0.6) is 5.75 Å². The van der Waals surface area contributed by atoms with E-state index in [-0.39, 0.29) is 17.9 Å². The summed E-state index contributed by atoms with van der Waals surface area (Å²) in [5, 5.41) is 6.53. The monoisotopic (exact) mass is 495 g/mol. The molecule has 1 N–H and O–H groups in total. The fourth-order valence-corrected chi connectivity index (χ4v) is 5.63. The molecule has 1 aliphatic heterocycles. The zero-order valence-corrected chi connectivity index (χ0v) is 22.1. The van der Waals surface area contributed by atoms with Gasteiger partial charge in [-0.3, -0.25) is 9.69 Å². The van der Waals surface area contributed by atoms with Crippen LogP contribution in [0.3, 0.4) is 0 Å². The van der Waals surface area contributed by atoms with Crippen LogP contribution in [0.15, 0.2) is 47.8 Å². The zero-order valence-electron chi connectivity index (χ0n) is 21.3. The highest BCUT2D eigenvalue weighted by Crippen LogP contribution is 2.36. The predicted molar refractivity (Wildman–Crippen MR) is 144 cm³/mol. The number of thiophene rings is 1. The van der Waals surface area contributed by atoms with Crippen LogP contribution in [0.2, 0.25) is 0 Å². The molecule has 2 heterocycles. The van der Waals surface area contributed by atoms with Crippen molar-refractivity contribution in [3.8, 4) is 16.9 Å². The highest BCUT2D eigenvalue weighted by molar-refractivity contribution is 7.17. The van der Waals surface area contributed by atoms with Gasteiger partial charge in [-0.25, -0.2) is 0 Å². The van der Waals surface area contributed by atoms with E-state index in [1.807, 2.05) is 20.2 Å². The molecule has 0 saturated carbocycles. The van der Waals surface area contributed by atoms with Crippen molar-refractivity contribution in [1.29, 1.82) is 0 Å². The Morgan fingerprint density at radius 1 is 1.17 bits per heavy atom. The largest absolute Gasteiger partial charge is 0.483 e. The molecule has 0 aliphatic carbocycles. The van der Waals surface area contributed by atoms with Gasteiger partial charge in [0.2, 0.25) is 0 Å². The molecule has 188 valence electrons. The third-order valence-corrected chi connectivity index (χ3v) is 7.18. The second-order valence-corrected chi connectivity index (χ2v) is 11.2. The van der Waals surface area contributed by atoms with E-state index in [0.717, 1.165) is 50.7 Å². The maximum atomic E-state index is 12.6. The molecular formula is C28H37N3O3S. The predicted octanol–water partition coefficient (Wildman–Crippen LogP) is 4.48. The minimum Gasteiger partial charge on any atom is -0.483 e. The van der Waals surface area contributed by atoms with Crippen LogP contribution in [-0.4, -0.2) is 75.8 Å². The first-order chi connectivity index (χ1) is 16.8. The summed E-state index contributed by atoms with van der Waals surface area (Å²) in [6.07, 6.45) is 0. The number of rotatable bonds is 10. The highest BCUT2D eigenvalue weighted by atomic mass is 32.1. The molecule has 7 heteroatoms. The van der Waals surface area contributed by atoms with Crippen molar-refractivity contribution in [3.63, 3.8) is 0 Å². The summed E-state index contributed by atoms with van der Waals surface area (Å²) in [6, 6.07) is 14.8. The van der Waals surface area contributed by atoms with Gasteiger partial charge in [0, 0.05) is 53.9 Å². The first-order valence-electron chi connectivity index (χ1n) is 12.2. The van der Waals surface area contributed by atoms with Crippen LogP contribution in [0, 0.1) is 5.41 Å². The molecule has 1 amide bonds. The number of ether oxygens (including phenoxy) is 2. The molecule has 35 heavy (non-hydrogen) atoms. The fraction of sp³-hybridized carbons (Fsp3) is 0.464. The summed E-state index contributed by atoms with van der Waals surface area (Å²) in [4.78, 5) is 17.1. The minimum atomic E-state index is -0.0953. The second kappa shape index (κ2) is 11.5. The lowest BCUT2D eigenvalue weighted by atomic mass is 9.93. The van der Waals surface area contributed by atoms with E-state index in [1.54, 1.807) is 11.3 Å². The van der Waals surface area contributed by atoms with E-state index in [0.29, 0.717) is 6.54 Å². The van der Waals surface area contributed by atoms with Gasteiger partial charge in [0.05, 0.1) is 13.2 Å². The van der Waals surface area contributed by atoms with Gasteiger partial charge in [-0.1, -0.05) is 38.1 Å². The molecule has 0 spiro atoms. The van der Waals surface area contributed by atoms with Crippen molar-refractivity contribution >= 4 is 27.3 Å². The number of carbonyl (C=O) groups is 1. The van der Waals surface area contributed by atoms with Crippen LogP contribution in [0.25, 0.3) is 21.2 Å². The maximum absolute atomic E-state index is 12.6. The molecule has 2 aromatic carbocycles. The molecule has 0 atom stereocenters. The van der Waals surface area contributed by atoms with Crippen molar-refractivity contribution in [3.05, 3.63) is 53.4 Å². The van der Waals surface area contributed by atoms with Crippen molar-refractivity contribution in [2.45, 2.75) is 20.4 Å². The summed E-state index contributed by atoms with van der Waals surface area (Å²) in [5.74, 6) is 0.671. The van der Waals surface area contributed by atoms with E-state index < -0.39 is 0 Å². The number of benzene rings is 2. The van der Waals surface area contributed by atoms with Gasteiger partial charge in [-0.05, 0) is 48.7 Å². The maximum Gasteiger partial charge on any atom is 0.257 e. The highest BCUT2D eigenvalue weighted by Gasteiger charge is 2.20. The van der Waals surface area contributed by atoms with Gasteiger partial charge in [0.1, 0.15) is 5.75 Å². The molecule has 1 saturated heterocycles. The van der Waals surface area contributed by atoms with Crippen molar-refractivity contribution in [1.82, 2.24) is 15.1 Å². The molecule has 3 aromatic rings. The molecule has 0 radical (unpaired) electrons. The minimum absolute atomic E-state index is 0.00832. The van der Waals surface area contributed by atoms with Crippen LogP contribution >= 0.6 is 11.3 Å². The lowest BCUT2D eigenvalue weighted by Crippen LogP contribution is -2.41. The van der Waals surface area contributed by atoms with Crippen LogP contribution in [-0.2, 0) is 16.1 Å². The van der Waals surface area contributed by atoms with Gasteiger partial charge < -0.3 is 19.7 Å². The van der Waals surface area contributed by atoms with E-state index in [2.05, 4.69) is 70.7 Å². The summed E-state index contributed by atoms with van der Waals surface area (Å²) < 4.78 is 12.9. The van der Waals surface area contributed by atoms with E-state index in [4.69, 9.17) is 9.47 Å². The van der Waals surface area contributed by atoms with Gasteiger partial charge in [-0.15, -0.1) is 11.3 Å². The Balaban J connectivity index is 1.49. The SMILES string of the molecule is CN(C)CC(C)(C)CNC(=O)COc1ccc(-c2csc3ccccc23)cc1CN1CCOCC1. The van der Waals surface area contributed by atoms with Crippen LogP contribution in [0.4, 0.5) is 0 Å². The Bertz CT molecular complexity index is 1140. The number of nitrogens with one attached hydrogen (secondary N) is 1. The number of nitrogens with zero attached hydrogens (tertiary/aromatic N) is 2. The summed E-state index contributed by atoms with van der Waals surface area (Å²) in [6.45, 7) is 9.88. The van der Waals surface area contributed by atoms with Gasteiger partial charge in [-0.2, -0.15) is 0 Å². The number of amides is 1. The smallest absolute Gasteiger partial charge is 0.257 e. The molecule has 0 bridgehead atoms. The summed E-state index contributed by atoms with van der Waals surface area (Å²) in [5.41, 5.74) is 3.50. The van der Waals surface area contributed by atoms with Crippen molar-refractivity contribution in [2.75, 3.05) is 60.1 Å². The Morgan fingerprint density at radius 3 is 2.71 bits per heavy atom. The number of morpholine rings is 1. The molecule has 1 aromatic heterocycles. The fourth-order valence-electron chi connectivity index (χ4n) is 4.66. The first kappa shape index (κ1) is 25.6. The molecule has 4 rings (SSSR count). The summed E-state index contributed by atoms with van der Waals surface area (Å²) in [7, 11) is 4.09. The van der Waals surface area contributed by atoms with E-state index >= 15 is 0 Å². The molecule has 1 aliphatic rings. The first-order valence-corrected chi connectivity index (χ1v) is 13.1. The number of fused-ring (bicyclic) bond motifs is 1. The third-order valence-electron chi connectivity index (χ3n) is 6.22. The van der Waals surface area contributed by atoms with Gasteiger partial charge in [0.25, 0.3) is 5.91 Å². The Kier molecular flexibility index (Phi) is 8.44. The molecule has 6 nitrogen and oxygen atoms in total. The number of hydrogen-bond donors (Lipinski definition) is 1. The molecular weight excluding hydrogens is 458 g/mol. The number of hydrogen-bond acceptors (Lipinski definition) is 6. The third kappa shape index (κ3) is 7.04. The Morgan fingerprint density at radius 2 is 1.94 bits per heavy atom. The average molecular weight is 496 g/mol. The van der Waals surface area contributed by atoms with Crippen LogP contribution < -0.4 is 10.1 Å².